The number of hydroxylamine groups is 1. The van der Waals surface area contributed by atoms with Crippen LogP contribution in [-0.2, 0) is 14.9 Å². The van der Waals surface area contributed by atoms with Gasteiger partial charge in [0.15, 0.2) is 17.5 Å². The highest BCUT2D eigenvalue weighted by atomic mass is 32.2. The number of hydrogen-bond acceptors (Lipinski definition) is 3. The molecule has 94 valence electrons. The molecule has 8 heteroatoms. The van der Waals surface area contributed by atoms with Crippen molar-refractivity contribution >= 4 is 10.0 Å². The van der Waals surface area contributed by atoms with E-state index in [1.54, 1.807) is 0 Å². The van der Waals surface area contributed by atoms with Crippen LogP contribution in [0.3, 0.4) is 0 Å². The summed E-state index contributed by atoms with van der Waals surface area (Å²) in [6, 6.07) is 1.23. The highest BCUT2D eigenvalue weighted by Gasteiger charge is 2.33. The molecule has 4 nitrogen and oxygen atoms in total. The third-order valence-corrected chi connectivity index (χ3v) is 3.96. The Balaban J connectivity index is 2.50. The van der Waals surface area contributed by atoms with Crippen LogP contribution in [0.5, 0.6) is 0 Å². The third kappa shape index (κ3) is 2.03. The SMILES string of the molecule is O=S(=O)(c1ccc(F)c(F)c1F)N1CCCO1. The van der Waals surface area contributed by atoms with Gasteiger partial charge in [0.2, 0.25) is 0 Å². The van der Waals surface area contributed by atoms with Crippen molar-refractivity contribution in [3.05, 3.63) is 29.6 Å². The van der Waals surface area contributed by atoms with Gasteiger partial charge in [0.25, 0.3) is 10.0 Å². The van der Waals surface area contributed by atoms with E-state index in [0.29, 0.717) is 23.0 Å². The Morgan fingerprint density at radius 2 is 1.88 bits per heavy atom. The maximum Gasteiger partial charge on any atom is 0.268 e. The molecule has 1 aromatic rings. The molecule has 2 rings (SSSR count). The minimum atomic E-state index is -4.28. The van der Waals surface area contributed by atoms with E-state index in [1.807, 2.05) is 0 Å². The van der Waals surface area contributed by atoms with Gasteiger partial charge in [-0.3, -0.25) is 4.84 Å². The monoisotopic (exact) mass is 267 g/mol. The van der Waals surface area contributed by atoms with Gasteiger partial charge in [-0.1, -0.05) is 4.47 Å². The fourth-order valence-electron chi connectivity index (χ4n) is 1.43. The zero-order chi connectivity index (χ0) is 12.6. The Bertz CT molecular complexity index is 541. The van der Waals surface area contributed by atoms with Crippen molar-refractivity contribution in [1.82, 2.24) is 4.47 Å². The van der Waals surface area contributed by atoms with E-state index in [2.05, 4.69) is 0 Å². The normalized spacial score (nSPS) is 17.6. The molecule has 0 amide bonds. The molecule has 0 bridgehead atoms. The maximum absolute atomic E-state index is 13.3. The second-order valence-electron chi connectivity index (χ2n) is 3.39. The second kappa shape index (κ2) is 4.28. The van der Waals surface area contributed by atoms with Crippen LogP contribution in [0.4, 0.5) is 13.2 Å². The zero-order valence-electron chi connectivity index (χ0n) is 8.49. The number of hydrogen-bond donors (Lipinski definition) is 0. The summed E-state index contributed by atoms with van der Waals surface area (Å²) in [5.74, 6) is -4.99. The molecule has 1 saturated heterocycles. The van der Waals surface area contributed by atoms with Crippen molar-refractivity contribution < 1.29 is 26.4 Å². The molecule has 0 saturated carbocycles. The number of rotatable bonds is 2. The van der Waals surface area contributed by atoms with Crippen LogP contribution >= 0.6 is 0 Å². The number of sulfonamides is 1. The van der Waals surface area contributed by atoms with E-state index in [-0.39, 0.29) is 13.2 Å². The molecule has 1 heterocycles. The van der Waals surface area contributed by atoms with Crippen LogP contribution in [0.25, 0.3) is 0 Å². The molecule has 1 fully saturated rings. The highest BCUT2D eigenvalue weighted by molar-refractivity contribution is 7.89. The van der Waals surface area contributed by atoms with Crippen molar-refractivity contribution in [3.8, 4) is 0 Å². The quantitative estimate of drug-likeness (QED) is 0.761. The number of nitrogens with zero attached hydrogens (tertiary/aromatic N) is 1. The van der Waals surface area contributed by atoms with Gasteiger partial charge in [0, 0.05) is 6.54 Å². The summed E-state index contributed by atoms with van der Waals surface area (Å²) < 4.78 is 63.1. The molecule has 0 spiro atoms. The van der Waals surface area contributed by atoms with Gasteiger partial charge in [-0.15, -0.1) is 0 Å². The van der Waals surface area contributed by atoms with E-state index in [1.165, 1.54) is 0 Å². The first-order valence-electron chi connectivity index (χ1n) is 4.74. The minimum absolute atomic E-state index is 0.0563. The Hall–Kier alpha value is -1.12. The molecule has 0 radical (unpaired) electrons. The first-order valence-corrected chi connectivity index (χ1v) is 6.18. The lowest BCUT2D eigenvalue weighted by Crippen LogP contribution is -2.28. The standard InChI is InChI=1S/C9H8F3NO3S/c10-6-2-3-7(9(12)8(6)11)17(14,15)13-4-1-5-16-13/h2-3H,1,4-5H2. The highest BCUT2D eigenvalue weighted by Crippen LogP contribution is 2.24. The molecule has 17 heavy (non-hydrogen) atoms. The summed E-state index contributed by atoms with van der Waals surface area (Å²) in [6.07, 6.45) is 0.463. The lowest BCUT2D eigenvalue weighted by molar-refractivity contribution is -0.0286. The molecule has 0 unspecified atom stereocenters. The predicted octanol–water partition coefficient (Wildman–Crippen LogP) is 1.43. The van der Waals surface area contributed by atoms with Crippen molar-refractivity contribution in [1.29, 1.82) is 0 Å². The fourth-order valence-corrected chi connectivity index (χ4v) is 2.79. The van der Waals surface area contributed by atoms with E-state index in [9.17, 15) is 21.6 Å². The lowest BCUT2D eigenvalue weighted by atomic mass is 10.3. The molecular formula is C9H8F3NO3S. The Morgan fingerprint density at radius 1 is 1.18 bits per heavy atom. The van der Waals surface area contributed by atoms with Crippen molar-refractivity contribution in [2.75, 3.05) is 13.2 Å². The zero-order valence-corrected chi connectivity index (χ0v) is 9.31. The van der Waals surface area contributed by atoms with Gasteiger partial charge in [-0.2, -0.15) is 0 Å². The summed E-state index contributed by atoms with van der Waals surface area (Å²) >= 11 is 0. The summed E-state index contributed by atoms with van der Waals surface area (Å²) in [6.45, 7) is 0.241. The number of halogens is 3. The Labute approximate surface area is 95.6 Å². The first-order chi connectivity index (χ1) is 7.94. The molecule has 0 aliphatic carbocycles. The topological polar surface area (TPSA) is 46.6 Å². The van der Waals surface area contributed by atoms with Gasteiger partial charge >= 0.3 is 0 Å². The van der Waals surface area contributed by atoms with Gasteiger partial charge in [-0.05, 0) is 18.6 Å². The van der Waals surface area contributed by atoms with Crippen molar-refractivity contribution in [3.63, 3.8) is 0 Å². The van der Waals surface area contributed by atoms with Crippen LogP contribution in [0.2, 0.25) is 0 Å². The lowest BCUT2D eigenvalue weighted by Gasteiger charge is -2.14. The summed E-state index contributed by atoms with van der Waals surface area (Å²) in [7, 11) is -4.28. The maximum atomic E-state index is 13.3. The summed E-state index contributed by atoms with van der Waals surface area (Å²) in [5, 5.41) is 0. The summed E-state index contributed by atoms with van der Waals surface area (Å²) in [5.41, 5.74) is 0. The van der Waals surface area contributed by atoms with Gasteiger partial charge in [0.05, 0.1) is 6.61 Å². The predicted molar refractivity (Wildman–Crippen MR) is 50.8 cm³/mol. The van der Waals surface area contributed by atoms with Crippen molar-refractivity contribution in [2.45, 2.75) is 11.3 Å². The average Bonchev–Trinajstić information content (AvgIpc) is 2.79. The fraction of sp³-hybridized carbons (Fsp3) is 0.333. The van der Waals surface area contributed by atoms with E-state index in [4.69, 9.17) is 4.84 Å². The summed E-state index contributed by atoms with van der Waals surface area (Å²) in [4.78, 5) is 3.83. The van der Waals surface area contributed by atoms with Crippen LogP contribution in [0.1, 0.15) is 6.42 Å². The molecule has 0 N–H and O–H groups in total. The second-order valence-corrected chi connectivity index (χ2v) is 5.19. The van der Waals surface area contributed by atoms with Crippen molar-refractivity contribution in [2.24, 2.45) is 0 Å². The largest absolute Gasteiger partial charge is 0.284 e. The molecule has 1 aliphatic heterocycles. The van der Waals surface area contributed by atoms with Crippen LogP contribution < -0.4 is 0 Å². The first kappa shape index (κ1) is 12.3. The van der Waals surface area contributed by atoms with E-state index >= 15 is 0 Å². The molecule has 0 aromatic heterocycles. The van der Waals surface area contributed by atoms with Gasteiger partial charge < -0.3 is 0 Å². The van der Waals surface area contributed by atoms with Gasteiger partial charge in [0.1, 0.15) is 4.90 Å². The average molecular weight is 267 g/mol. The molecular weight excluding hydrogens is 259 g/mol. The Kier molecular flexibility index (Phi) is 3.11. The number of benzene rings is 1. The van der Waals surface area contributed by atoms with E-state index in [0.717, 1.165) is 0 Å². The van der Waals surface area contributed by atoms with Crippen LogP contribution in [-0.4, -0.2) is 26.0 Å². The third-order valence-electron chi connectivity index (χ3n) is 2.27. The molecule has 1 aromatic carbocycles. The smallest absolute Gasteiger partial charge is 0.268 e. The Morgan fingerprint density at radius 3 is 2.47 bits per heavy atom. The minimum Gasteiger partial charge on any atom is -0.284 e. The van der Waals surface area contributed by atoms with Crippen LogP contribution in [0.15, 0.2) is 17.0 Å². The molecule has 1 aliphatic rings. The molecule has 0 atom stereocenters. The van der Waals surface area contributed by atoms with Gasteiger partial charge in [-0.25, -0.2) is 21.6 Å². The van der Waals surface area contributed by atoms with Crippen LogP contribution in [0, 0.1) is 17.5 Å². The van der Waals surface area contributed by atoms with E-state index < -0.39 is 32.4 Å².